The molecule has 114 valence electrons. The van der Waals surface area contributed by atoms with Crippen LogP contribution in [0.2, 0.25) is 0 Å². The number of carbonyl (C=O) groups is 2. The Bertz CT molecular complexity index is 507. The van der Waals surface area contributed by atoms with Gasteiger partial charge in [0.15, 0.2) is 0 Å². The third-order valence-corrected chi connectivity index (χ3v) is 4.94. The second-order valence-electron chi connectivity index (χ2n) is 5.51. The Morgan fingerprint density at radius 1 is 1.24 bits per heavy atom. The van der Waals surface area contributed by atoms with Gasteiger partial charge in [-0.25, -0.2) is 0 Å². The summed E-state index contributed by atoms with van der Waals surface area (Å²) in [6.07, 6.45) is 1.12. The van der Waals surface area contributed by atoms with Crippen molar-refractivity contribution >= 4 is 23.6 Å². The minimum absolute atomic E-state index is 0.101. The molecule has 1 atom stereocenters. The van der Waals surface area contributed by atoms with E-state index in [9.17, 15) is 9.59 Å². The van der Waals surface area contributed by atoms with Gasteiger partial charge in [-0.1, -0.05) is 17.7 Å². The molecule has 1 aliphatic heterocycles. The average molecular weight is 307 g/mol. The molecule has 1 fully saturated rings. The lowest BCUT2D eigenvalue weighted by Crippen LogP contribution is -2.43. The molecule has 0 spiro atoms. The van der Waals surface area contributed by atoms with Gasteiger partial charge in [-0.3, -0.25) is 9.59 Å². The van der Waals surface area contributed by atoms with Crippen molar-refractivity contribution in [1.29, 1.82) is 0 Å². The lowest BCUT2D eigenvalue weighted by molar-refractivity contribution is -0.145. The van der Waals surface area contributed by atoms with Gasteiger partial charge in [-0.2, -0.15) is 0 Å². The number of carboxylic acid groups (broad SMARTS) is 1. The predicted molar refractivity (Wildman–Crippen MR) is 83.4 cm³/mol. The molecule has 1 heterocycles. The zero-order valence-electron chi connectivity index (χ0n) is 12.4. The van der Waals surface area contributed by atoms with Crippen molar-refractivity contribution in [2.24, 2.45) is 5.92 Å². The number of nitrogens with zero attached hydrogens (tertiary/aromatic N) is 1. The summed E-state index contributed by atoms with van der Waals surface area (Å²) in [6, 6.07) is 8.14. The molecule has 1 amide bonds. The van der Waals surface area contributed by atoms with E-state index < -0.39 is 5.97 Å². The number of carbonyl (C=O) groups excluding carboxylic acids is 1. The molecule has 21 heavy (non-hydrogen) atoms. The maximum atomic E-state index is 12.4. The summed E-state index contributed by atoms with van der Waals surface area (Å²) < 4.78 is 0. The van der Waals surface area contributed by atoms with E-state index in [0.29, 0.717) is 25.9 Å². The van der Waals surface area contributed by atoms with Gasteiger partial charge in [0.1, 0.15) is 0 Å². The Morgan fingerprint density at radius 3 is 2.33 bits per heavy atom. The summed E-state index contributed by atoms with van der Waals surface area (Å²) in [4.78, 5) is 26.2. The SMILES string of the molecule is Cc1ccc(SC(C)C(=O)N2CCC(C(=O)O)CC2)cc1. The number of carboxylic acids is 1. The Labute approximate surface area is 129 Å². The summed E-state index contributed by atoms with van der Waals surface area (Å²) in [5.74, 6) is -0.942. The summed E-state index contributed by atoms with van der Waals surface area (Å²) in [5, 5.41) is 8.84. The van der Waals surface area contributed by atoms with Crippen LogP contribution in [0, 0.1) is 12.8 Å². The molecule has 1 N–H and O–H groups in total. The quantitative estimate of drug-likeness (QED) is 0.869. The van der Waals surface area contributed by atoms with Crippen molar-refractivity contribution in [2.45, 2.75) is 36.8 Å². The van der Waals surface area contributed by atoms with Gasteiger partial charge in [-0.15, -0.1) is 11.8 Å². The van der Waals surface area contributed by atoms with Crippen molar-refractivity contribution in [3.05, 3.63) is 29.8 Å². The topological polar surface area (TPSA) is 57.6 Å². The minimum Gasteiger partial charge on any atom is -0.481 e. The van der Waals surface area contributed by atoms with E-state index in [2.05, 4.69) is 0 Å². The van der Waals surface area contributed by atoms with E-state index >= 15 is 0 Å². The number of rotatable bonds is 4. The monoisotopic (exact) mass is 307 g/mol. The molecule has 0 bridgehead atoms. The van der Waals surface area contributed by atoms with Gasteiger partial charge in [-0.05, 0) is 38.8 Å². The normalized spacial score (nSPS) is 17.5. The number of benzene rings is 1. The Balaban J connectivity index is 1.88. The summed E-state index contributed by atoms with van der Waals surface area (Å²) >= 11 is 1.55. The zero-order chi connectivity index (χ0) is 15.4. The molecule has 5 heteroatoms. The van der Waals surface area contributed by atoms with Crippen molar-refractivity contribution in [2.75, 3.05) is 13.1 Å². The van der Waals surface area contributed by atoms with Crippen LogP contribution < -0.4 is 0 Å². The van der Waals surface area contributed by atoms with E-state index in [-0.39, 0.29) is 17.1 Å². The molecule has 4 nitrogen and oxygen atoms in total. The van der Waals surface area contributed by atoms with Crippen LogP contribution in [-0.4, -0.2) is 40.2 Å². The zero-order valence-corrected chi connectivity index (χ0v) is 13.2. The van der Waals surface area contributed by atoms with E-state index in [1.54, 1.807) is 16.7 Å². The largest absolute Gasteiger partial charge is 0.481 e. The fraction of sp³-hybridized carbons (Fsp3) is 0.500. The number of piperidine rings is 1. The van der Waals surface area contributed by atoms with Gasteiger partial charge < -0.3 is 10.0 Å². The highest BCUT2D eigenvalue weighted by Gasteiger charge is 2.29. The summed E-state index contributed by atoms with van der Waals surface area (Å²) in [7, 11) is 0. The molecule has 0 aliphatic carbocycles. The van der Waals surface area contributed by atoms with Crippen LogP contribution in [0.15, 0.2) is 29.2 Å². The molecule has 1 aliphatic rings. The smallest absolute Gasteiger partial charge is 0.306 e. The minimum atomic E-state index is -0.746. The lowest BCUT2D eigenvalue weighted by Gasteiger charge is -2.31. The molecular weight excluding hydrogens is 286 g/mol. The number of hydrogen-bond acceptors (Lipinski definition) is 3. The van der Waals surface area contributed by atoms with Crippen LogP contribution in [0.3, 0.4) is 0 Å². The number of amides is 1. The number of aliphatic carboxylic acids is 1. The highest BCUT2D eigenvalue weighted by Crippen LogP contribution is 2.26. The van der Waals surface area contributed by atoms with Crippen LogP contribution >= 0.6 is 11.8 Å². The first-order valence-corrected chi connectivity index (χ1v) is 8.10. The molecule has 1 aromatic rings. The fourth-order valence-electron chi connectivity index (χ4n) is 2.48. The highest BCUT2D eigenvalue weighted by molar-refractivity contribution is 8.00. The summed E-state index contributed by atoms with van der Waals surface area (Å²) in [5.41, 5.74) is 1.20. The van der Waals surface area contributed by atoms with Crippen LogP contribution in [0.25, 0.3) is 0 Å². The number of aryl methyl sites for hydroxylation is 1. The van der Waals surface area contributed by atoms with E-state index in [4.69, 9.17) is 5.11 Å². The number of hydrogen-bond donors (Lipinski definition) is 1. The lowest BCUT2D eigenvalue weighted by atomic mass is 9.97. The number of likely N-dealkylation sites (tertiary alicyclic amines) is 1. The highest BCUT2D eigenvalue weighted by atomic mass is 32.2. The summed E-state index contributed by atoms with van der Waals surface area (Å²) in [6.45, 7) is 5.05. The first-order chi connectivity index (χ1) is 9.97. The molecule has 0 saturated carbocycles. The van der Waals surface area contributed by atoms with E-state index in [1.807, 2.05) is 38.1 Å². The van der Waals surface area contributed by atoms with Crippen LogP contribution in [0.5, 0.6) is 0 Å². The van der Waals surface area contributed by atoms with Crippen molar-refractivity contribution in [1.82, 2.24) is 4.90 Å². The van der Waals surface area contributed by atoms with Crippen LogP contribution in [0.1, 0.15) is 25.3 Å². The van der Waals surface area contributed by atoms with E-state index in [0.717, 1.165) is 4.90 Å². The standard InChI is InChI=1S/C16H21NO3S/c1-11-3-5-14(6-4-11)21-12(2)15(18)17-9-7-13(8-10-17)16(19)20/h3-6,12-13H,7-10H2,1-2H3,(H,19,20). The third kappa shape index (κ3) is 4.24. The molecule has 1 aromatic carbocycles. The Morgan fingerprint density at radius 2 is 1.81 bits per heavy atom. The molecule has 2 rings (SSSR count). The first-order valence-electron chi connectivity index (χ1n) is 7.22. The van der Waals surface area contributed by atoms with Crippen LogP contribution in [-0.2, 0) is 9.59 Å². The fourth-order valence-corrected chi connectivity index (χ4v) is 3.43. The third-order valence-electron chi connectivity index (χ3n) is 3.84. The maximum absolute atomic E-state index is 12.4. The van der Waals surface area contributed by atoms with Gasteiger partial charge in [0.2, 0.25) is 5.91 Å². The van der Waals surface area contributed by atoms with Crippen molar-refractivity contribution in [3.8, 4) is 0 Å². The Hall–Kier alpha value is -1.49. The first kappa shape index (κ1) is 15.9. The maximum Gasteiger partial charge on any atom is 0.306 e. The second kappa shape index (κ2) is 6.98. The molecule has 0 radical (unpaired) electrons. The Kier molecular flexibility index (Phi) is 5.28. The van der Waals surface area contributed by atoms with Gasteiger partial charge >= 0.3 is 5.97 Å². The van der Waals surface area contributed by atoms with Crippen molar-refractivity contribution < 1.29 is 14.7 Å². The molecule has 1 saturated heterocycles. The second-order valence-corrected chi connectivity index (χ2v) is 6.93. The van der Waals surface area contributed by atoms with Gasteiger partial charge in [0.25, 0.3) is 0 Å². The molecular formula is C16H21NO3S. The number of thioether (sulfide) groups is 1. The van der Waals surface area contributed by atoms with Crippen LogP contribution in [0.4, 0.5) is 0 Å². The molecule has 1 unspecified atom stereocenters. The van der Waals surface area contributed by atoms with Crippen molar-refractivity contribution in [3.63, 3.8) is 0 Å². The van der Waals surface area contributed by atoms with Gasteiger partial charge in [0.05, 0.1) is 11.2 Å². The van der Waals surface area contributed by atoms with E-state index in [1.165, 1.54) is 5.56 Å². The molecule has 0 aromatic heterocycles. The average Bonchev–Trinajstić information content (AvgIpc) is 2.49. The predicted octanol–water partition coefficient (Wildman–Crippen LogP) is 2.80. The van der Waals surface area contributed by atoms with Gasteiger partial charge in [0, 0.05) is 18.0 Å².